The van der Waals surface area contributed by atoms with Gasteiger partial charge in [-0.1, -0.05) is 22.0 Å². The summed E-state index contributed by atoms with van der Waals surface area (Å²) in [5.41, 5.74) is 2.01. The zero-order valence-electron chi connectivity index (χ0n) is 7.82. The number of nitro groups is 1. The Morgan fingerprint density at radius 3 is 2.93 bits per heavy atom. The molecular formula is C10H9BrClNO2. The molecule has 15 heavy (non-hydrogen) atoms. The molecule has 0 fully saturated rings. The second-order valence-corrected chi connectivity index (χ2v) is 5.02. The molecule has 1 aliphatic carbocycles. The number of hydrogen-bond acceptors (Lipinski definition) is 2. The van der Waals surface area contributed by atoms with Crippen LogP contribution in [0.15, 0.2) is 22.7 Å². The summed E-state index contributed by atoms with van der Waals surface area (Å²) in [7, 11) is 0. The van der Waals surface area contributed by atoms with Crippen molar-refractivity contribution in [1.82, 2.24) is 0 Å². The van der Waals surface area contributed by atoms with Gasteiger partial charge in [-0.25, -0.2) is 0 Å². The van der Waals surface area contributed by atoms with Crippen LogP contribution in [0.5, 0.6) is 0 Å². The molecular weight excluding hydrogens is 281 g/mol. The number of nitrogens with zero attached hydrogens (tertiary/aromatic N) is 1. The lowest BCUT2D eigenvalue weighted by molar-refractivity contribution is -0.524. The average molecular weight is 291 g/mol. The maximum Gasteiger partial charge on any atom is 0.233 e. The predicted molar refractivity (Wildman–Crippen MR) is 61.8 cm³/mol. The van der Waals surface area contributed by atoms with Gasteiger partial charge >= 0.3 is 0 Å². The maximum absolute atomic E-state index is 10.8. The third kappa shape index (κ3) is 2.01. The molecule has 1 aromatic carbocycles. The van der Waals surface area contributed by atoms with Crippen LogP contribution < -0.4 is 0 Å². The molecule has 0 N–H and O–H groups in total. The molecule has 0 bridgehead atoms. The van der Waals surface area contributed by atoms with Crippen LogP contribution in [0.2, 0.25) is 0 Å². The molecule has 1 aliphatic rings. The minimum atomic E-state index is -0.659. The zero-order valence-corrected chi connectivity index (χ0v) is 10.2. The molecule has 0 saturated heterocycles. The van der Waals surface area contributed by atoms with E-state index in [1.165, 1.54) is 0 Å². The van der Waals surface area contributed by atoms with Crippen molar-refractivity contribution in [3.8, 4) is 0 Å². The van der Waals surface area contributed by atoms with Crippen LogP contribution in [-0.4, -0.2) is 11.0 Å². The number of rotatable bonds is 1. The van der Waals surface area contributed by atoms with Crippen LogP contribution in [0, 0.1) is 10.1 Å². The number of aryl methyl sites for hydroxylation is 1. The van der Waals surface area contributed by atoms with E-state index in [-0.39, 0.29) is 4.92 Å². The Balaban J connectivity index is 2.40. The first-order chi connectivity index (χ1) is 7.09. The van der Waals surface area contributed by atoms with E-state index in [1.54, 1.807) is 0 Å². The molecule has 1 aromatic rings. The van der Waals surface area contributed by atoms with E-state index in [2.05, 4.69) is 15.9 Å². The van der Waals surface area contributed by atoms with E-state index in [4.69, 9.17) is 11.6 Å². The predicted octanol–water partition coefficient (Wildman–Crippen LogP) is 3.32. The van der Waals surface area contributed by atoms with Gasteiger partial charge < -0.3 is 0 Å². The van der Waals surface area contributed by atoms with E-state index in [1.807, 2.05) is 18.2 Å². The van der Waals surface area contributed by atoms with E-state index in [0.29, 0.717) is 6.42 Å². The van der Waals surface area contributed by atoms with Gasteiger partial charge in [-0.2, -0.15) is 0 Å². The SMILES string of the molecule is O=[N+]([O-])C1CCc2ccc(Br)cc2C1Cl. The van der Waals surface area contributed by atoms with Crippen molar-refractivity contribution in [1.29, 1.82) is 0 Å². The summed E-state index contributed by atoms with van der Waals surface area (Å²) < 4.78 is 0.913. The fraction of sp³-hybridized carbons (Fsp3) is 0.400. The Kier molecular flexibility index (Phi) is 2.98. The van der Waals surface area contributed by atoms with Crippen molar-refractivity contribution >= 4 is 27.5 Å². The van der Waals surface area contributed by atoms with Crippen molar-refractivity contribution in [3.63, 3.8) is 0 Å². The van der Waals surface area contributed by atoms with Crippen LogP contribution in [0.1, 0.15) is 22.9 Å². The highest BCUT2D eigenvalue weighted by molar-refractivity contribution is 9.10. The first-order valence-corrected chi connectivity index (χ1v) is 5.88. The van der Waals surface area contributed by atoms with Gasteiger partial charge in [-0.05, 0) is 29.7 Å². The lowest BCUT2D eigenvalue weighted by Gasteiger charge is -2.23. The van der Waals surface area contributed by atoms with Gasteiger partial charge in [0, 0.05) is 15.8 Å². The van der Waals surface area contributed by atoms with Crippen molar-refractivity contribution in [2.75, 3.05) is 0 Å². The van der Waals surface area contributed by atoms with Gasteiger partial charge in [0.2, 0.25) is 6.04 Å². The molecule has 5 heteroatoms. The highest BCUT2D eigenvalue weighted by Crippen LogP contribution is 2.37. The highest BCUT2D eigenvalue weighted by atomic mass is 79.9. The summed E-state index contributed by atoms with van der Waals surface area (Å²) in [4.78, 5) is 10.5. The molecule has 0 aliphatic heterocycles. The van der Waals surface area contributed by atoms with Gasteiger partial charge in [-0.15, -0.1) is 11.6 Å². The monoisotopic (exact) mass is 289 g/mol. The van der Waals surface area contributed by atoms with Crippen molar-refractivity contribution in [3.05, 3.63) is 43.9 Å². The number of benzene rings is 1. The lowest BCUT2D eigenvalue weighted by Crippen LogP contribution is -2.29. The largest absolute Gasteiger partial charge is 0.264 e. The quantitative estimate of drug-likeness (QED) is 0.452. The van der Waals surface area contributed by atoms with Gasteiger partial charge in [-0.3, -0.25) is 10.1 Å². The summed E-state index contributed by atoms with van der Waals surface area (Å²) in [6, 6.07) is 5.14. The molecule has 2 rings (SSSR count). The fourth-order valence-electron chi connectivity index (χ4n) is 1.92. The Hall–Kier alpha value is -0.610. The van der Waals surface area contributed by atoms with Crippen LogP contribution in [0.25, 0.3) is 0 Å². The zero-order chi connectivity index (χ0) is 11.0. The Morgan fingerprint density at radius 2 is 2.27 bits per heavy atom. The smallest absolute Gasteiger partial charge is 0.233 e. The summed E-state index contributed by atoms with van der Waals surface area (Å²) in [5, 5.41) is 10.3. The molecule has 80 valence electrons. The third-order valence-corrected chi connectivity index (χ3v) is 3.74. The normalized spacial score (nSPS) is 24.7. The summed E-state index contributed by atoms with van der Waals surface area (Å²) in [6.45, 7) is 0. The fourth-order valence-corrected chi connectivity index (χ4v) is 2.72. The van der Waals surface area contributed by atoms with Gasteiger partial charge in [0.25, 0.3) is 0 Å². The minimum Gasteiger partial charge on any atom is -0.264 e. The van der Waals surface area contributed by atoms with Gasteiger partial charge in [0.15, 0.2) is 0 Å². The second-order valence-electron chi connectivity index (χ2n) is 3.64. The summed E-state index contributed by atoms with van der Waals surface area (Å²) in [6.07, 6.45) is 1.26. The molecule has 3 nitrogen and oxygen atoms in total. The molecule has 2 unspecified atom stereocenters. The summed E-state index contributed by atoms with van der Waals surface area (Å²) >= 11 is 9.46. The molecule has 0 aromatic heterocycles. The summed E-state index contributed by atoms with van der Waals surface area (Å²) in [5.74, 6) is 0. The van der Waals surface area contributed by atoms with E-state index in [0.717, 1.165) is 22.0 Å². The minimum absolute atomic E-state index is 0.276. The topological polar surface area (TPSA) is 43.1 Å². The average Bonchev–Trinajstić information content (AvgIpc) is 2.19. The molecule has 0 spiro atoms. The molecule has 0 heterocycles. The van der Waals surface area contributed by atoms with Crippen molar-refractivity contribution < 1.29 is 4.92 Å². The van der Waals surface area contributed by atoms with E-state index in [9.17, 15) is 10.1 Å². The number of hydrogen-bond donors (Lipinski definition) is 0. The third-order valence-electron chi connectivity index (χ3n) is 2.72. The lowest BCUT2D eigenvalue weighted by atomic mass is 9.88. The Morgan fingerprint density at radius 1 is 1.53 bits per heavy atom. The highest BCUT2D eigenvalue weighted by Gasteiger charge is 2.36. The first-order valence-electron chi connectivity index (χ1n) is 4.65. The van der Waals surface area contributed by atoms with Crippen LogP contribution in [0.4, 0.5) is 0 Å². The van der Waals surface area contributed by atoms with Crippen LogP contribution >= 0.6 is 27.5 Å². The molecule has 0 amide bonds. The standard InChI is InChI=1S/C10H9BrClNO2/c11-7-3-1-6-2-4-9(13(14)15)10(12)8(6)5-7/h1,3,5,9-10H,2,4H2. The van der Waals surface area contributed by atoms with Crippen molar-refractivity contribution in [2.45, 2.75) is 24.3 Å². The van der Waals surface area contributed by atoms with Crippen molar-refractivity contribution in [2.24, 2.45) is 0 Å². The maximum atomic E-state index is 10.8. The van der Waals surface area contributed by atoms with Crippen LogP contribution in [-0.2, 0) is 6.42 Å². The number of fused-ring (bicyclic) bond motifs is 1. The Bertz CT molecular complexity index is 410. The first kappa shape index (κ1) is 10.9. The van der Waals surface area contributed by atoms with E-state index < -0.39 is 11.4 Å². The van der Waals surface area contributed by atoms with Crippen LogP contribution in [0.3, 0.4) is 0 Å². The molecule has 0 saturated carbocycles. The number of halogens is 2. The van der Waals surface area contributed by atoms with Gasteiger partial charge in [0.1, 0.15) is 5.38 Å². The number of alkyl halides is 1. The molecule has 2 atom stereocenters. The van der Waals surface area contributed by atoms with E-state index >= 15 is 0 Å². The van der Waals surface area contributed by atoms with Gasteiger partial charge in [0.05, 0.1) is 0 Å². The molecule has 0 radical (unpaired) electrons. The Labute approximate surface area is 101 Å². The second kappa shape index (κ2) is 4.10.